The summed E-state index contributed by atoms with van der Waals surface area (Å²) < 4.78 is 0. The van der Waals surface area contributed by atoms with Crippen LogP contribution in [0.5, 0.6) is 0 Å². The van der Waals surface area contributed by atoms with E-state index in [-0.39, 0.29) is 5.91 Å². The smallest absolute Gasteiger partial charge is 0.220 e. The minimum Gasteiger partial charge on any atom is -0.352 e. The lowest BCUT2D eigenvalue weighted by Crippen LogP contribution is -2.23. The molecule has 4 heteroatoms. The van der Waals surface area contributed by atoms with Crippen molar-refractivity contribution in [2.45, 2.75) is 26.8 Å². The van der Waals surface area contributed by atoms with Gasteiger partial charge in [0.05, 0.1) is 11.4 Å². The number of nitrogens with one attached hydrogen (secondary N) is 1. The van der Waals surface area contributed by atoms with E-state index in [1.807, 2.05) is 44.2 Å². The van der Waals surface area contributed by atoms with E-state index < -0.39 is 0 Å². The standard InChI is InChI=1S/C16H19N3O/c1-12(2)9-16(20)19-11-13-6-7-15(18-10-13)14-5-3-4-8-17-14/h3-8,10,12H,9,11H2,1-2H3,(H,19,20). The number of carbonyl (C=O) groups excluding carboxylic acids is 1. The Balaban J connectivity index is 1.94. The molecule has 1 N–H and O–H groups in total. The summed E-state index contributed by atoms with van der Waals surface area (Å²) in [6.07, 6.45) is 4.08. The van der Waals surface area contributed by atoms with Crippen molar-refractivity contribution in [1.82, 2.24) is 15.3 Å². The summed E-state index contributed by atoms with van der Waals surface area (Å²) in [7, 11) is 0. The minimum atomic E-state index is 0.0776. The molecule has 0 saturated carbocycles. The first-order valence-corrected chi connectivity index (χ1v) is 6.78. The van der Waals surface area contributed by atoms with E-state index in [1.54, 1.807) is 12.4 Å². The maximum Gasteiger partial charge on any atom is 0.220 e. The molecule has 0 radical (unpaired) electrons. The average Bonchev–Trinajstić information content (AvgIpc) is 2.46. The number of rotatable bonds is 5. The lowest BCUT2D eigenvalue weighted by molar-refractivity contribution is -0.121. The fourth-order valence-electron chi connectivity index (χ4n) is 1.84. The molecule has 0 aliphatic carbocycles. The van der Waals surface area contributed by atoms with Crippen molar-refractivity contribution in [2.24, 2.45) is 5.92 Å². The van der Waals surface area contributed by atoms with Crippen LogP contribution < -0.4 is 5.32 Å². The van der Waals surface area contributed by atoms with Crippen LogP contribution in [0.15, 0.2) is 42.7 Å². The largest absolute Gasteiger partial charge is 0.352 e. The van der Waals surface area contributed by atoms with Gasteiger partial charge < -0.3 is 5.32 Å². The third-order valence-corrected chi connectivity index (χ3v) is 2.84. The number of hydrogen-bond donors (Lipinski definition) is 1. The molecule has 104 valence electrons. The Morgan fingerprint density at radius 1 is 1.15 bits per heavy atom. The van der Waals surface area contributed by atoms with Crippen molar-refractivity contribution in [3.8, 4) is 11.4 Å². The van der Waals surface area contributed by atoms with Crippen LogP contribution in [0.4, 0.5) is 0 Å². The fraction of sp³-hybridized carbons (Fsp3) is 0.312. The molecule has 20 heavy (non-hydrogen) atoms. The molecule has 2 heterocycles. The van der Waals surface area contributed by atoms with E-state index in [0.717, 1.165) is 17.0 Å². The molecule has 0 fully saturated rings. The van der Waals surface area contributed by atoms with Gasteiger partial charge in [-0.1, -0.05) is 26.0 Å². The van der Waals surface area contributed by atoms with Crippen LogP contribution >= 0.6 is 0 Å². The molecule has 0 aliphatic rings. The molecule has 0 spiro atoms. The second-order valence-electron chi connectivity index (χ2n) is 5.14. The number of amides is 1. The van der Waals surface area contributed by atoms with Gasteiger partial charge in [-0.3, -0.25) is 14.8 Å². The van der Waals surface area contributed by atoms with E-state index in [1.165, 1.54) is 0 Å². The Hall–Kier alpha value is -2.23. The van der Waals surface area contributed by atoms with Crippen LogP contribution in [0.2, 0.25) is 0 Å². The van der Waals surface area contributed by atoms with Crippen molar-refractivity contribution in [3.05, 3.63) is 48.3 Å². The molecular weight excluding hydrogens is 250 g/mol. The zero-order valence-corrected chi connectivity index (χ0v) is 11.8. The molecule has 4 nitrogen and oxygen atoms in total. The lowest BCUT2D eigenvalue weighted by atomic mass is 10.1. The monoisotopic (exact) mass is 269 g/mol. The predicted octanol–water partition coefficient (Wildman–Crippen LogP) is 2.81. The number of nitrogens with zero attached hydrogens (tertiary/aromatic N) is 2. The third-order valence-electron chi connectivity index (χ3n) is 2.84. The highest BCUT2D eigenvalue weighted by Crippen LogP contribution is 2.13. The molecule has 2 rings (SSSR count). The summed E-state index contributed by atoms with van der Waals surface area (Å²) in [5, 5.41) is 2.89. The number of carbonyl (C=O) groups is 1. The highest BCUT2D eigenvalue weighted by atomic mass is 16.1. The number of pyridine rings is 2. The van der Waals surface area contributed by atoms with E-state index in [4.69, 9.17) is 0 Å². The normalized spacial score (nSPS) is 10.6. The van der Waals surface area contributed by atoms with Crippen molar-refractivity contribution < 1.29 is 4.79 Å². The van der Waals surface area contributed by atoms with Gasteiger partial charge in [-0.05, 0) is 29.7 Å². The summed E-state index contributed by atoms with van der Waals surface area (Å²) in [5.74, 6) is 0.452. The van der Waals surface area contributed by atoms with Gasteiger partial charge in [0, 0.05) is 25.4 Å². The minimum absolute atomic E-state index is 0.0776. The van der Waals surface area contributed by atoms with E-state index in [0.29, 0.717) is 18.9 Å². The first-order chi connectivity index (χ1) is 9.65. The van der Waals surface area contributed by atoms with Crippen LogP contribution in [-0.4, -0.2) is 15.9 Å². The van der Waals surface area contributed by atoms with Gasteiger partial charge in [0.2, 0.25) is 5.91 Å². The first-order valence-electron chi connectivity index (χ1n) is 6.78. The Morgan fingerprint density at radius 3 is 2.55 bits per heavy atom. The quantitative estimate of drug-likeness (QED) is 0.908. The van der Waals surface area contributed by atoms with Crippen LogP contribution in [0.1, 0.15) is 25.8 Å². The topological polar surface area (TPSA) is 54.9 Å². The summed E-state index contributed by atoms with van der Waals surface area (Å²) in [6.45, 7) is 4.58. The molecule has 0 atom stereocenters. The maximum atomic E-state index is 11.6. The highest BCUT2D eigenvalue weighted by molar-refractivity contribution is 5.76. The first kappa shape index (κ1) is 14.2. The van der Waals surface area contributed by atoms with Gasteiger partial charge in [0.1, 0.15) is 0 Å². The average molecular weight is 269 g/mol. The Morgan fingerprint density at radius 2 is 1.95 bits per heavy atom. The molecule has 2 aromatic rings. The molecule has 0 unspecified atom stereocenters. The zero-order valence-electron chi connectivity index (χ0n) is 11.8. The van der Waals surface area contributed by atoms with Crippen molar-refractivity contribution in [3.63, 3.8) is 0 Å². The van der Waals surface area contributed by atoms with Gasteiger partial charge in [0.15, 0.2) is 0 Å². The maximum absolute atomic E-state index is 11.6. The number of hydrogen-bond acceptors (Lipinski definition) is 3. The van der Waals surface area contributed by atoms with E-state index >= 15 is 0 Å². The molecule has 0 aliphatic heterocycles. The zero-order chi connectivity index (χ0) is 14.4. The Labute approximate surface area is 119 Å². The molecule has 0 bridgehead atoms. The third kappa shape index (κ3) is 4.16. The molecule has 2 aromatic heterocycles. The summed E-state index contributed by atoms with van der Waals surface area (Å²) >= 11 is 0. The van der Waals surface area contributed by atoms with Crippen LogP contribution in [0.25, 0.3) is 11.4 Å². The van der Waals surface area contributed by atoms with Crippen molar-refractivity contribution in [1.29, 1.82) is 0 Å². The van der Waals surface area contributed by atoms with Gasteiger partial charge >= 0.3 is 0 Å². The molecule has 0 aromatic carbocycles. The van der Waals surface area contributed by atoms with Crippen molar-refractivity contribution in [2.75, 3.05) is 0 Å². The second-order valence-corrected chi connectivity index (χ2v) is 5.14. The van der Waals surface area contributed by atoms with Crippen LogP contribution in [0.3, 0.4) is 0 Å². The van der Waals surface area contributed by atoms with Crippen LogP contribution in [0, 0.1) is 5.92 Å². The van der Waals surface area contributed by atoms with Gasteiger partial charge in [-0.15, -0.1) is 0 Å². The van der Waals surface area contributed by atoms with Gasteiger partial charge in [0.25, 0.3) is 0 Å². The SMILES string of the molecule is CC(C)CC(=O)NCc1ccc(-c2ccccn2)nc1. The summed E-state index contributed by atoms with van der Waals surface area (Å²) in [6, 6.07) is 9.62. The summed E-state index contributed by atoms with van der Waals surface area (Å²) in [5.41, 5.74) is 2.67. The molecule has 0 saturated heterocycles. The van der Waals surface area contributed by atoms with Gasteiger partial charge in [-0.2, -0.15) is 0 Å². The molecular formula is C16H19N3O. The lowest BCUT2D eigenvalue weighted by Gasteiger charge is -2.07. The Kier molecular flexibility index (Phi) is 4.82. The Bertz CT molecular complexity index is 550. The highest BCUT2D eigenvalue weighted by Gasteiger charge is 2.05. The van der Waals surface area contributed by atoms with Gasteiger partial charge in [-0.25, -0.2) is 0 Å². The summed E-state index contributed by atoms with van der Waals surface area (Å²) in [4.78, 5) is 20.2. The number of aromatic nitrogens is 2. The molecule has 1 amide bonds. The second kappa shape index (κ2) is 6.80. The van der Waals surface area contributed by atoms with Crippen molar-refractivity contribution >= 4 is 5.91 Å². The van der Waals surface area contributed by atoms with E-state index in [9.17, 15) is 4.79 Å². The van der Waals surface area contributed by atoms with E-state index in [2.05, 4.69) is 15.3 Å². The fourth-order valence-corrected chi connectivity index (χ4v) is 1.84. The van der Waals surface area contributed by atoms with Crippen LogP contribution in [-0.2, 0) is 11.3 Å². The predicted molar refractivity (Wildman–Crippen MR) is 78.8 cm³/mol.